The summed E-state index contributed by atoms with van der Waals surface area (Å²) >= 11 is 0. The Morgan fingerprint density at radius 3 is 2.36 bits per heavy atom. The van der Waals surface area contributed by atoms with E-state index in [-0.39, 0.29) is 0 Å². The van der Waals surface area contributed by atoms with E-state index in [0.717, 1.165) is 5.92 Å². The van der Waals surface area contributed by atoms with Gasteiger partial charge in [-0.15, -0.1) is 0 Å². The normalized spacial score (nSPS) is 10.5. The molecule has 0 heteroatoms. The van der Waals surface area contributed by atoms with Gasteiger partial charge in [-0.05, 0) is 25.2 Å². The molecule has 0 bridgehead atoms. The zero-order chi connectivity index (χ0) is 8.69. The molecule has 0 aromatic carbocycles. The first-order chi connectivity index (χ1) is 5.16. The summed E-state index contributed by atoms with van der Waals surface area (Å²) in [5, 5.41) is 0. The molecule has 0 aliphatic rings. The summed E-state index contributed by atoms with van der Waals surface area (Å²) in [7, 11) is 0. The summed E-state index contributed by atoms with van der Waals surface area (Å²) in [6.45, 7) is 10.8. The highest BCUT2D eigenvalue weighted by molar-refractivity contribution is 4.94. The van der Waals surface area contributed by atoms with Crippen LogP contribution in [0.5, 0.6) is 0 Å². The van der Waals surface area contributed by atoms with Crippen LogP contribution in [0.3, 0.4) is 0 Å². The molecule has 0 fully saturated rings. The molecule has 0 unspecified atom stereocenters. The van der Waals surface area contributed by atoms with Crippen molar-refractivity contribution in [1.82, 2.24) is 0 Å². The van der Waals surface area contributed by atoms with Gasteiger partial charge in [-0.25, -0.2) is 0 Å². The van der Waals surface area contributed by atoms with Crippen LogP contribution in [-0.2, 0) is 0 Å². The molecule has 0 aromatic heterocycles. The Kier molecular flexibility index (Phi) is 6.30. The lowest BCUT2D eigenvalue weighted by molar-refractivity contribution is 0.608. The van der Waals surface area contributed by atoms with E-state index in [4.69, 9.17) is 0 Å². The Bertz CT molecular complexity index is 101. The van der Waals surface area contributed by atoms with Crippen molar-refractivity contribution in [3.05, 3.63) is 12.2 Å². The summed E-state index contributed by atoms with van der Waals surface area (Å²) in [6.07, 6.45) is 6.46. The lowest BCUT2D eigenvalue weighted by atomic mass is 10.00. The first-order valence-electron chi connectivity index (χ1n) is 4.83. The molecule has 0 spiro atoms. The van der Waals surface area contributed by atoms with Gasteiger partial charge in [0.1, 0.15) is 0 Å². The van der Waals surface area contributed by atoms with Gasteiger partial charge in [0, 0.05) is 0 Å². The van der Waals surface area contributed by atoms with E-state index in [0.29, 0.717) is 0 Å². The molecule has 66 valence electrons. The number of hydrogen-bond acceptors (Lipinski definition) is 0. The topological polar surface area (TPSA) is 0 Å². The van der Waals surface area contributed by atoms with Gasteiger partial charge < -0.3 is 0 Å². The standard InChI is InChI=1S/C11H22/c1-5-6-7-8-11(4)9-10(2)3/h10H,4-9H2,1-3H3. The lowest BCUT2D eigenvalue weighted by Gasteiger charge is -2.07. The molecule has 0 heterocycles. The quantitative estimate of drug-likeness (QED) is 0.398. The van der Waals surface area contributed by atoms with Crippen molar-refractivity contribution in [3.63, 3.8) is 0 Å². The predicted molar refractivity (Wildman–Crippen MR) is 52.7 cm³/mol. The van der Waals surface area contributed by atoms with Crippen LogP contribution in [-0.4, -0.2) is 0 Å². The van der Waals surface area contributed by atoms with Crippen molar-refractivity contribution in [2.24, 2.45) is 5.92 Å². The first-order valence-corrected chi connectivity index (χ1v) is 4.83. The molecule has 0 saturated heterocycles. The molecule has 0 saturated carbocycles. The zero-order valence-electron chi connectivity index (χ0n) is 8.32. The van der Waals surface area contributed by atoms with Gasteiger partial charge in [-0.3, -0.25) is 0 Å². The Morgan fingerprint density at radius 2 is 1.91 bits per heavy atom. The number of hydrogen-bond donors (Lipinski definition) is 0. The highest BCUT2D eigenvalue weighted by atomic mass is 14.0. The Morgan fingerprint density at radius 1 is 1.27 bits per heavy atom. The van der Waals surface area contributed by atoms with E-state index < -0.39 is 0 Å². The zero-order valence-corrected chi connectivity index (χ0v) is 8.32. The summed E-state index contributed by atoms with van der Waals surface area (Å²) < 4.78 is 0. The second kappa shape index (κ2) is 6.45. The Labute approximate surface area is 71.7 Å². The van der Waals surface area contributed by atoms with Crippen molar-refractivity contribution in [3.8, 4) is 0 Å². The van der Waals surface area contributed by atoms with Crippen molar-refractivity contribution >= 4 is 0 Å². The van der Waals surface area contributed by atoms with Gasteiger partial charge in [0.2, 0.25) is 0 Å². The van der Waals surface area contributed by atoms with Crippen molar-refractivity contribution in [2.45, 2.75) is 52.9 Å². The van der Waals surface area contributed by atoms with Crippen LogP contribution in [0.2, 0.25) is 0 Å². The number of allylic oxidation sites excluding steroid dienone is 1. The van der Waals surface area contributed by atoms with Gasteiger partial charge in [-0.1, -0.05) is 45.8 Å². The van der Waals surface area contributed by atoms with Crippen LogP contribution < -0.4 is 0 Å². The molecule has 0 rings (SSSR count). The molecule has 0 aliphatic heterocycles. The fourth-order valence-electron chi connectivity index (χ4n) is 1.30. The Hall–Kier alpha value is -0.260. The van der Waals surface area contributed by atoms with E-state index in [1.165, 1.54) is 37.7 Å². The van der Waals surface area contributed by atoms with Gasteiger partial charge in [0.15, 0.2) is 0 Å². The fraction of sp³-hybridized carbons (Fsp3) is 0.818. The molecule has 0 amide bonds. The van der Waals surface area contributed by atoms with E-state index >= 15 is 0 Å². The van der Waals surface area contributed by atoms with Gasteiger partial charge in [0.25, 0.3) is 0 Å². The van der Waals surface area contributed by atoms with Gasteiger partial charge in [-0.2, -0.15) is 0 Å². The molecule has 0 N–H and O–H groups in total. The maximum absolute atomic E-state index is 4.07. The number of rotatable bonds is 6. The molecule has 11 heavy (non-hydrogen) atoms. The first kappa shape index (κ1) is 10.7. The second-order valence-electron chi connectivity index (χ2n) is 3.81. The minimum Gasteiger partial charge on any atom is -0.0999 e. The summed E-state index contributed by atoms with van der Waals surface area (Å²) in [5.74, 6) is 0.782. The Balaban J connectivity index is 3.23. The van der Waals surface area contributed by atoms with Crippen LogP contribution in [0, 0.1) is 5.92 Å². The predicted octanol–water partition coefficient (Wildman–Crippen LogP) is 4.17. The van der Waals surface area contributed by atoms with E-state index in [9.17, 15) is 0 Å². The highest BCUT2D eigenvalue weighted by Crippen LogP contribution is 2.15. The minimum absolute atomic E-state index is 0.782. The van der Waals surface area contributed by atoms with E-state index in [1.807, 2.05) is 0 Å². The highest BCUT2D eigenvalue weighted by Gasteiger charge is 1.97. The maximum atomic E-state index is 4.07. The van der Waals surface area contributed by atoms with Crippen molar-refractivity contribution in [1.29, 1.82) is 0 Å². The SMILES string of the molecule is C=C(CCCCC)CC(C)C. The third-order valence-electron chi connectivity index (χ3n) is 1.83. The summed E-state index contributed by atoms with van der Waals surface area (Å²) in [5.41, 5.74) is 1.44. The average Bonchev–Trinajstić information content (AvgIpc) is 1.86. The van der Waals surface area contributed by atoms with Crippen LogP contribution in [0.15, 0.2) is 12.2 Å². The second-order valence-corrected chi connectivity index (χ2v) is 3.81. The molecule has 0 radical (unpaired) electrons. The van der Waals surface area contributed by atoms with Crippen molar-refractivity contribution in [2.75, 3.05) is 0 Å². The van der Waals surface area contributed by atoms with E-state index in [2.05, 4.69) is 27.4 Å². The monoisotopic (exact) mass is 154 g/mol. The van der Waals surface area contributed by atoms with Gasteiger partial charge in [0.05, 0.1) is 0 Å². The average molecular weight is 154 g/mol. The molecule has 0 atom stereocenters. The minimum atomic E-state index is 0.782. The van der Waals surface area contributed by atoms with Gasteiger partial charge >= 0.3 is 0 Å². The third kappa shape index (κ3) is 7.64. The largest absolute Gasteiger partial charge is 0.0999 e. The van der Waals surface area contributed by atoms with Crippen LogP contribution >= 0.6 is 0 Å². The van der Waals surface area contributed by atoms with Crippen molar-refractivity contribution < 1.29 is 0 Å². The lowest BCUT2D eigenvalue weighted by Crippen LogP contribution is -1.90. The summed E-state index contributed by atoms with van der Waals surface area (Å²) in [4.78, 5) is 0. The third-order valence-corrected chi connectivity index (χ3v) is 1.83. The van der Waals surface area contributed by atoms with Crippen LogP contribution in [0.4, 0.5) is 0 Å². The molecular formula is C11H22. The van der Waals surface area contributed by atoms with Crippen LogP contribution in [0.1, 0.15) is 52.9 Å². The molecular weight excluding hydrogens is 132 g/mol. The molecule has 0 nitrogen and oxygen atoms in total. The van der Waals surface area contributed by atoms with Crippen LogP contribution in [0.25, 0.3) is 0 Å². The van der Waals surface area contributed by atoms with E-state index in [1.54, 1.807) is 0 Å². The molecule has 0 aliphatic carbocycles. The summed E-state index contributed by atoms with van der Waals surface area (Å²) in [6, 6.07) is 0. The fourth-order valence-corrected chi connectivity index (χ4v) is 1.30. The molecule has 0 aromatic rings. The maximum Gasteiger partial charge on any atom is -0.0300 e. The number of unbranched alkanes of at least 4 members (excludes halogenated alkanes) is 2. The smallest absolute Gasteiger partial charge is 0.0300 e.